The molecule has 0 bridgehead atoms. The summed E-state index contributed by atoms with van der Waals surface area (Å²) in [4.78, 5) is 2.80. The van der Waals surface area contributed by atoms with Gasteiger partial charge in [-0.2, -0.15) is 0 Å². The first-order chi connectivity index (χ1) is 16.8. The minimum atomic E-state index is -0.0334. The summed E-state index contributed by atoms with van der Waals surface area (Å²) < 4.78 is 13.1. The van der Waals surface area contributed by atoms with Crippen molar-refractivity contribution in [1.82, 2.24) is 5.32 Å². The number of rotatable bonds is 13. The Hall–Kier alpha value is -2.32. The smallest absolute Gasteiger partial charge is 0.146 e. The summed E-state index contributed by atoms with van der Waals surface area (Å²) in [6.45, 7) is 10.6. The fourth-order valence-electron chi connectivity index (χ4n) is 4.06. The van der Waals surface area contributed by atoms with E-state index in [0.29, 0.717) is 28.3 Å². The van der Waals surface area contributed by atoms with Crippen LogP contribution < -0.4 is 20.5 Å². The van der Waals surface area contributed by atoms with Crippen LogP contribution in [0.3, 0.4) is 0 Å². The maximum absolute atomic E-state index is 8.71. The lowest BCUT2D eigenvalue weighted by Gasteiger charge is -2.26. The number of thioether (sulfide) groups is 1. The summed E-state index contributed by atoms with van der Waals surface area (Å²) in [7, 11) is 0. The summed E-state index contributed by atoms with van der Waals surface area (Å²) in [5, 5.41) is 20.3. The molecule has 2 aromatic rings. The van der Waals surface area contributed by atoms with Gasteiger partial charge in [-0.25, -0.2) is 0 Å². The fourth-order valence-corrected chi connectivity index (χ4v) is 6.25. The van der Waals surface area contributed by atoms with Gasteiger partial charge < -0.3 is 20.5 Å². The van der Waals surface area contributed by atoms with Crippen LogP contribution in [-0.2, 0) is 0 Å². The van der Waals surface area contributed by atoms with E-state index in [4.69, 9.17) is 26.0 Å². The Labute approximate surface area is 218 Å². The highest BCUT2D eigenvalue weighted by Crippen LogP contribution is 2.53. The minimum Gasteiger partial charge on any atom is -0.489 e. The van der Waals surface area contributed by atoms with Crippen molar-refractivity contribution < 1.29 is 9.47 Å². The molecule has 190 valence electrons. The number of nitrogens with one attached hydrogen (secondary N) is 3. The lowest BCUT2D eigenvalue weighted by molar-refractivity contribution is 0.193. The van der Waals surface area contributed by atoms with Gasteiger partial charge in [-0.05, 0) is 51.0 Å². The largest absolute Gasteiger partial charge is 0.489 e. The van der Waals surface area contributed by atoms with Crippen LogP contribution >= 0.6 is 23.5 Å². The molecule has 0 aliphatic carbocycles. The Bertz CT molecular complexity index is 1070. The molecule has 2 aromatic carbocycles. The molecule has 0 spiro atoms. The predicted molar refractivity (Wildman–Crippen MR) is 149 cm³/mol. The Balaban J connectivity index is 2.32. The lowest BCUT2D eigenvalue weighted by Crippen LogP contribution is -2.21. The Morgan fingerprint density at radius 2 is 1.40 bits per heavy atom. The third-order valence-corrected chi connectivity index (χ3v) is 8.29. The summed E-state index contributed by atoms with van der Waals surface area (Å²) >= 11 is 3.28. The molecule has 2 atom stereocenters. The van der Waals surface area contributed by atoms with Crippen molar-refractivity contribution >= 4 is 40.9 Å². The predicted octanol–water partition coefficient (Wildman–Crippen LogP) is 7.31. The molecule has 0 fully saturated rings. The number of benzene rings is 2. The van der Waals surface area contributed by atoms with Gasteiger partial charge in [0.2, 0.25) is 0 Å². The molecule has 0 amide bonds. The number of nitrogen functional groups attached to an aromatic ring is 1. The number of fused-ring (bicyclic) bond motifs is 1. The zero-order valence-corrected chi connectivity index (χ0v) is 23.1. The number of anilines is 1. The van der Waals surface area contributed by atoms with Gasteiger partial charge in [-0.3, -0.25) is 10.8 Å². The van der Waals surface area contributed by atoms with Crippen molar-refractivity contribution in [3.63, 3.8) is 0 Å². The zero-order valence-electron chi connectivity index (χ0n) is 21.4. The highest BCUT2D eigenvalue weighted by Gasteiger charge is 2.36. The molecule has 0 saturated heterocycles. The molecular weight excluding hydrogens is 476 g/mol. The van der Waals surface area contributed by atoms with Crippen LogP contribution in [0.15, 0.2) is 39.0 Å². The molecule has 6 nitrogen and oxygen atoms in total. The monoisotopic (exact) mass is 514 g/mol. The van der Waals surface area contributed by atoms with Crippen molar-refractivity contribution in [3.05, 3.63) is 35.4 Å². The van der Waals surface area contributed by atoms with Gasteiger partial charge in [0, 0.05) is 10.6 Å². The van der Waals surface area contributed by atoms with E-state index < -0.39 is 0 Å². The highest BCUT2D eigenvalue weighted by atomic mass is 32.2. The van der Waals surface area contributed by atoms with Gasteiger partial charge in [0.1, 0.15) is 23.2 Å². The quantitative estimate of drug-likeness (QED) is 0.165. The molecule has 0 saturated carbocycles. The van der Waals surface area contributed by atoms with Crippen molar-refractivity contribution in [2.24, 2.45) is 0 Å². The van der Waals surface area contributed by atoms with Gasteiger partial charge in [-0.1, -0.05) is 57.5 Å². The second-order valence-electron chi connectivity index (χ2n) is 8.86. The molecule has 3 rings (SSSR count). The second kappa shape index (κ2) is 12.6. The Morgan fingerprint density at radius 1 is 0.857 bits per heavy atom. The number of hydrogen-bond donors (Lipinski definition) is 4. The Morgan fingerprint density at radius 3 is 1.91 bits per heavy atom. The van der Waals surface area contributed by atoms with Crippen molar-refractivity contribution in [2.45, 2.75) is 93.6 Å². The van der Waals surface area contributed by atoms with E-state index in [2.05, 4.69) is 39.9 Å². The van der Waals surface area contributed by atoms with E-state index in [-0.39, 0.29) is 23.9 Å². The van der Waals surface area contributed by atoms with Crippen molar-refractivity contribution in [3.8, 4) is 11.5 Å². The van der Waals surface area contributed by atoms with Crippen LogP contribution in [0.2, 0.25) is 0 Å². The van der Waals surface area contributed by atoms with E-state index in [1.807, 2.05) is 24.3 Å². The number of amidine groups is 2. The first-order valence-corrected chi connectivity index (χ1v) is 14.3. The molecule has 1 heterocycles. The van der Waals surface area contributed by atoms with E-state index in [1.54, 1.807) is 23.5 Å². The minimum absolute atomic E-state index is 0.0157. The van der Waals surface area contributed by atoms with Crippen LogP contribution in [0, 0.1) is 10.8 Å². The highest BCUT2D eigenvalue weighted by molar-refractivity contribution is 8.02. The number of ether oxygens (including phenoxy) is 2. The van der Waals surface area contributed by atoms with E-state index in [1.165, 1.54) is 0 Å². The molecule has 35 heavy (non-hydrogen) atoms. The summed E-state index contributed by atoms with van der Waals surface area (Å²) in [6.07, 6.45) is 4.75. The van der Waals surface area contributed by atoms with Gasteiger partial charge >= 0.3 is 0 Å². The second-order valence-corrected chi connectivity index (χ2v) is 11.0. The Kier molecular flexibility index (Phi) is 9.80. The number of hydrogen-bond acceptors (Lipinski definition) is 7. The third kappa shape index (κ3) is 6.28. The average Bonchev–Trinajstić information content (AvgIpc) is 3.11. The lowest BCUT2D eigenvalue weighted by atomic mass is 10.1. The van der Waals surface area contributed by atoms with Gasteiger partial charge in [0.15, 0.2) is 0 Å². The van der Waals surface area contributed by atoms with Gasteiger partial charge in [0.25, 0.3) is 0 Å². The topological polar surface area (TPSA) is 104 Å². The van der Waals surface area contributed by atoms with E-state index in [9.17, 15) is 0 Å². The van der Waals surface area contributed by atoms with Gasteiger partial charge in [0.05, 0.1) is 33.1 Å². The first kappa shape index (κ1) is 27.3. The molecular formula is C27H38N4O2S2. The maximum Gasteiger partial charge on any atom is 0.146 e. The molecule has 8 heteroatoms. The normalized spacial score (nSPS) is 14.4. The molecule has 0 radical (unpaired) electrons. The van der Waals surface area contributed by atoms with Gasteiger partial charge in [-0.15, -0.1) is 11.8 Å². The first-order valence-electron chi connectivity index (χ1n) is 12.5. The standard InChI is InChI=1S/C27H38N4O2S2/c1-6-11-16(4)32-22-20-21(27(30)31-26(20)29)23(33-17(5)12-7-2)25(24(22)34-15-8-3)35-19-14-10-9-13-18(19)28/h9-10,13-14,16-17H,6-8,11-12,15,28H2,1-5H3,(H3,29,30,31). The summed E-state index contributed by atoms with van der Waals surface area (Å²) in [6, 6.07) is 7.81. The van der Waals surface area contributed by atoms with Crippen LogP contribution in [0.25, 0.3) is 0 Å². The molecule has 2 unspecified atom stereocenters. The third-order valence-electron chi connectivity index (χ3n) is 5.68. The maximum atomic E-state index is 8.71. The summed E-state index contributed by atoms with van der Waals surface area (Å²) in [5.74, 6) is 2.57. The van der Waals surface area contributed by atoms with Crippen LogP contribution in [-0.4, -0.2) is 29.6 Å². The van der Waals surface area contributed by atoms with E-state index in [0.717, 1.165) is 52.5 Å². The van der Waals surface area contributed by atoms with Crippen LogP contribution in [0.4, 0.5) is 5.69 Å². The summed E-state index contributed by atoms with van der Waals surface area (Å²) in [5.41, 5.74) is 8.28. The molecule has 0 aromatic heterocycles. The van der Waals surface area contributed by atoms with Crippen molar-refractivity contribution in [2.75, 3.05) is 11.5 Å². The molecule has 5 N–H and O–H groups in total. The van der Waals surface area contributed by atoms with E-state index >= 15 is 0 Å². The number of para-hydroxylation sites is 1. The molecule has 1 aliphatic rings. The van der Waals surface area contributed by atoms with Crippen LogP contribution in [0.5, 0.6) is 11.5 Å². The fraction of sp³-hybridized carbons (Fsp3) is 0.481. The molecule has 1 aliphatic heterocycles. The van der Waals surface area contributed by atoms with Crippen LogP contribution in [0.1, 0.15) is 77.8 Å². The zero-order chi connectivity index (χ0) is 25.5. The number of nitrogens with two attached hydrogens (primary N) is 1. The average molecular weight is 515 g/mol. The van der Waals surface area contributed by atoms with Crippen molar-refractivity contribution in [1.29, 1.82) is 10.8 Å². The SMILES string of the molecule is CCCSc1c(OC(C)CCC)c2c(c(OC(C)CCC)c1Sc1ccccc1N)C(=N)NC2=N.